The summed E-state index contributed by atoms with van der Waals surface area (Å²) in [6, 6.07) is 1.73. The minimum Gasteiger partial charge on any atom is -0.349 e. The molecule has 1 aromatic rings. The first kappa shape index (κ1) is 17.2. The predicted octanol–water partition coefficient (Wildman–Crippen LogP) is 0.457. The molecule has 0 radical (unpaired) electrons. The summed E-state index contributed by atoms with van der Waals surface area (Å²) in [6.45, 7) is 7.48. The van der Waals surface area contributed by atoms with Crippen molar-refractivity contribution in [2.75, 3.05) is 33.7 Å². The Morgan fingerprint density at radius 2 is 2.05 bits per heavy atom. The second-order valence-electron chi connectivity index (χ2n) is 4.78. The standard InChI is InChI=1S/C13H26N4O2S/c1-5-16(4)8-7-15-20(18,19)13-9-12(10-14-3)17(6-2)11-13/h9,11,14-15H,5-8,10H2,1-4H3. The predicted molar refractivity (Wildman–Crippen MR) is 81.2 cm³/mol. The lowest BCUT2D eigenvalue weighted by Gasteiger charge is -2.13. The molecule has 0 aliphatic carbocycles. The maximum absolute atomic E-state index is 12.2. The molecule has 1 aromatic heterocycles. The van der Waals surface area contributed by atoms with Crippen molar-refractivity contribution in [1.82, 2.24) is 19.5 Å². The zero-order valence-electron chi connectivity index (χ0n) is 12.8. The van der Waals surface area contributed by atoms with Gasteiger partial charge in [0, 0.05) is 38.1 Å². The van der Waals surface area contributed by atoms with Crippen LogP contribution >= 0.6 is 0 Å². The van der Waals surface area contributed by atoms with E-state index in [0.717, 1.165) is 18.8 Å². The molecule has 1 rings (SSSR count). The van der Waals surface area contributed by atoms with E-state index < -0.39 is 10.0 Å². The van der Waals surface area contributed by atoms with Crippen LogP contribution in [0.1, 0.15) is 19.5 Å². The van der Waals surface area contributed by atoms with Gasteiger partial charge in [-0.2, -0.15) is 0 Å². The van der Waals surface area contributed by atoms with Crippen LogP contribution < -0.4 is 10.0 Å². The Labute approximate surface area is 122 Å². The first-order chi connectivity index (χ1) is 9.44. The molecule has 0 unspecified atom stereocenters. The van der Waals surface area contributed by atoms with E-state index in [9.17, 15) is 8.42 Å². The number of hydrogen-bond acceptors (Lipinski definition) is 4. The Bertz CT molecular complexity index is 510. The summed E-state index contributed by atoms with van der Waals surface area (Å²) in [5.74, 6) is 0. The fourth-order valence-electron chi connectivity index (χ4n) is 1.91. The summed E-state index contributed by atoms with van der Waals surface area (Å²) in [6.07, 6.45) is 1.69. The maximum Gasteiger partial charge on any atom is 0.242 e. The van der Waals surface area contributed by atoms with Crippen LogP contribution in [0.15, 0.2) is 17.2 Å². The van der Waals surface area contributed by atoms with Gasteiger partial charge in [-0.1, -0.05) is 6.92 Å². The van der Waals surface area contributed by atoms with Crippen molar-refractivity contribution in [2.45, 2.75) is 31.8 Å². The highest BCUT2D eigenvalue weighted by Gasteiger charge is 2.17. The number of nitrogens with one attached hydrogen (secondary N) is 2. The zero-order chi connectivity index (χ0) is 15.2. The highest BCUT2D eigenvalue weighted by atomic mass is 32.2. The van der Waals surface area contributed by atoms with E-state index in [1.807, 2.05) is 32.5 Å². The van der Waals surface area contributed by atoms with Gasteiger partial charge in [0.05, 0.1) is 4.90 Å². The van der Waals surface area contributed by atoms with Gasteiger partial charge in [0.2, 0.25) is 10.0 Å². The summed E-state index contributed by atoms with van der Waals surface area (Å²) in [5, 5.41) is 3.05. The lowest BCUT2D eigenvalue weighted by molar-refractivity contribution is 0.358. The van der Waals surface area contributed by atoms with Gasteiger partial charge in [-0.25, -0.2) is 13.1 Å². The normalized spacial score (nSPS) is 12.2. The molecule has 0 spiro atoms. The molecule has 0 amide bonds. The van der Waals surface area contributed by atoms with Crippen molar-refractivity contribution < 1.29 is 8.42 Å². The molecule has 0 saturated carbocycles. The summed E-state index contributed by atoms with van der Waals surface area (Å²) in [4.78, 5) is 2.40. The summed E-state index contributed by atoms with van der Waals surface area (Å²) < 4.78 is 29.0. The first-order valence-electron chi connectivity index (χ1n) is 6.96. The fraction of sp³-hybridized carbons (Fsp3) is 0.692. The smallest absolute Gasteiger partial charge is 0.242 e. The van der Waals surface area contributed by atoms with Crippen LogP contribution in [0.5, 0.6) is 0 Å². The third-order valence-electron chi connectivity index (χ3n) is 3.30. The molecule has 6 nitrogen and oxygen atoms in total. The monoisotopic (exact) mass is 302 g/mol. The highest BCUT2D eigenvalue weighted by Crippen LogP contribution is 2.14. The van der Waals surface area contributed by atoms with E-state index in [4.69, 9.17) is 0 Å². The number of nitrogens with zero attached hydrogens (tertiary/aromatic N) is 2. The molecule has 0 saturated heterocycles. The van der Waals surface area contributed by atoms with Crippen molar-refractivity contribution in [2.24, 2.45) is 0 Å². The van der Waals surface area contributed by atoms with Gasteiger partial charge in [0.25, 0.3) is 0 Å². The van der Waals surface area contributed by atoms with Crippen LogP contribution in [-0.2, 0) is 23.1 Å². The number of likely N-dealkylation sites (N-methyl/N-ethyl adjacent to an activating group) is 1. The summed E-state index contributed by atoms with van der Waals surface area (Å²) in [5.41, 5.74) is 0.973. The van der Waals surface area contributed by atoms with Crippen molar-refractivity contribution in [3.8, 4) is 0 Å². The van der Waals surface area contributed by atoms with Crippen LogP contribution in [0.25, 0.3) is 0 Å². The average molecular weight is 302 g/mol. The van der Waals surface area contributed by atoms with Gasteiger partial charge in [-0.3, -0.25) is 0 Å². The van der Waals surface area contributed by atoms with Gasteiger partial charge >= 0.3 is 0 Å². The van der Waals surface area contributed by atoms with Crippen molar-refractivity contribution >= 4 is 10.0 Å². The number of aromatic nitrogens is 1. The number of hydrogen-bond donors (Lipinski definition) is 2. The van der Waals surface area contributed by atoms with Gasteiger partial charge in [0.15, 0.2) is 0 Å². The topological polar surface area (TPSA) is 66.4 Å². The lowest BCUT2D eigenvalue weighted by atomic mass is 10.4. The molecular weight excluding hydrogens is 276 g/mol. The second-order valence-corrected chi connectivity index (χ2v) is 6.54. The Morgan fingerprint density at radius 3 is 2.60 bits per heavy atom. The SMILES string of the molecule is CCN(C)CCNS(=O)(=O)c1cc(CNC)n(CC)c1. The Balaban J connectivity index is 2.76. The maximum atomic E-state index is 12.2. The molecule has 0 aliphatic heterocycles. The number of aryl methyl sites for hydroxylation is 1. The van der Waals surface area contributed by atoms with Crippen molar-refractivity contribution in [1.29, 1.82) is 0 Å². The molecule has 0 atom stereocenters. The molecule has 0 fully saturated rings. The Kier molecular flexibility index (Phi) is 6.67. The van der Waals surface area contributed by atoms with E-state index in [1.165, 1.54) is 0 Å². The quantitative estimate of drug-likeness (QED) is 0.695. The number of rotatable bonds is 9. The third kappa shape index (κ3) is 4.59. The van der Waals surface area contributed by atoms with Crippen molar-refractivity contribution in [3.05, 3.63) is 18.0 Å². The Morgan fingerprint density at radius 1 is 1.35 bits per heavy atom. The van der Waals surface area contributed by atoms with E-state index in [-0.39, 0.29) is 0 Å². The largest absolute Gasteiger partial charge is 0.349 e. The molecule has 1 heterocycles. The molecule has 0 aromatic carbocycles. The second kappa shape index (κ2) is 7.78. The first-order valence-corrected chi connectivity index (χ1v) is 8.44. The molecule has 2 N–H and O–H groups in total. The minimum absolute atomic E-state index is 0.337. The van der Waals surface area contributed by atoms with E-state index in [0.29, 0.717) is 24.5 Å². The summed E-state index contributed by atoms with van der Waals surface area (Å²) >= 11 is 0. The van der Waals surface area contributed by atoms with Crippen LogP contribution in [0, 0.1) is 0 Å². The fourth-order valence-corrected chi connectivity index (χ4v) is 2.99. The summed E-state index contributed by atoms with van der Waals surface area (Å²) in [7, 11) is 0.393. The molecule has 20 heavy (non-hydrogen) atoms. The van der Waals surface area contributed by atoms with Gasteiger partial charge in [-0.05, 0) is 33.6 Å². The van der Waals surface area contributed by atoms with Crippen LogP contribution in [-0.4, -0.2) is 51.6 Å². The van der Waals surface area contributed by atoms with Crippen LogP contribution in [0.4, 0.5) is 0 Å². The zero-order valence-corrected chi connectivity index (χ0v) is 13.6. The minimum atomic E-state index is -3.42. The number of sulfonamides is 1. The van der Waals surface area contributed by atoms with Gasteiger partial charge in [0.1, 0.15) is 0 Å². The highest BCUT2D eigenvalue weighted by molar-refractivity contribution is 7.89. The lowest BCUT2D eigenvalue weighted by Crippen LogP contribution is -2.32. The molecule has 116 valence electrons. The Hall–Kier alpha value is -0.890. The van der Waals surface area contributed by atoms with Crippen LogP contribution in [0.3, 0.4) is 0 Å². The van der Waals surface area contributed by atoms with Crippen LogP contribution in [0.2, 0.25) is 0 Å². The third-order valence-corrected chi connectivity index (χ3v) is 4.72. The van der Waals surface area contributed by atoms with E-state index in [2.05, 4.69) is 14.9 Å². The van der Waals surface area contributed by atoms with Gasteiger partial charge in [-0.15, -0.1) is 0 Å². The van der Waals surface area contributed by atoms with E-state index in [1.54, 1.807) is 12.3 Å². The van der Waals surface area contributed by atoms with E-state index >= 15 is 0 Å². The average Bonchev–Trinajstić information content (AvgIpc) is 2.82. The van der Waals surface area contributed by atoms with Gasteiger partial charge < -0.3 is 14.8 Å². The molecule has 0 bridgehead atoms. The molecular formula is C13H26N4O2S. The van der Waals surface area contributed by atoms with Crippen molar-refractivity contribution in [3.63, 3.8) is 0 Å². The molecule has 0 aliphatic rings. The molecule has 7 heteroatoms.